The third-order valence-electron chi connectivity index (χ3n) is 2.43. The number of benzene rings is 2. The van der Waals surface area contributed by atoms with Crippen molar-refractivity contribution in [2.45, 2.75) is 6.54 Å². The average Bonchev–Trinajstić information content (AvgIpc) is 2.32. The van der Waals surface area contributed by atoms with E-state index in [-0.39, 0.29) is 11.6 Å². The van der Waals surface area contributed by atoms with Gasteiger partial charge < -0.3 is 10.4 Å². The summed E-state index contributed by atoms with van der Waals surface area (Å²) in [5.41, 5.74) is 1.83. The molecule has 5 heteroatoms. The summed E-state index contributed by atoms with van der Waals surface area (Å²) in [6.45, 7) is 0.586. The van der Waals surface area contributed by atoms with E-state index in [1.54, 1.807) is 12.1 Å². The number of hydrogen-bond acceptors (Lipinski definition) is 2. The van der Waals surface area contributed by atoms with E-state index < -0.39 is 0 Å². The first-order valence-corrected chi connectivity index (χ1v) is 6.81. The summed E-state index contributed by atoms with van der Waals surface area (Å²) in [4.78, 5) is 0. The maximum absolute atomic E-state index is 12.9. The number of anilines is 1. The zero-order valence-corrected chi connectivity index (χ0v) is 12.4. The van der Waals surface area contributed by atoms with Crippen molar-refractivity contribution >= 4 is 37.5 Å². The van der Waals surface area contributed by atoms with Crippen molar-refractivity contribution < 1.29 is 9.50 Å². The third kappa shape index (κ3) is 3.23. The Morgan fingerprint density at radius 2 is 1.83 bits per heavy atom. The highest BCUT2D eigenvalue weighted by molar-refractivity contribution is 9.11. The third-order valence-corrected chi connectivity index (χ3v) is 3.72. The van der Waals surface area contributed by atoms with Crippen LogP contribution in [0.4, 0.5) is 10.1 Å². The lowest BCUT2D eigenvalue weighted by Crippen LogP contribution is -2.00. The number of nitrogens with one attached hydrogen (secondary N) is 1. The van der Waals surface area contributed by atoms with Crippen molar-refractivity contribution in [2.75, 3.05) is 5.32 Å². The maximum Gasteiger partial charge on any atom is 0.129 e. The lowest BCUT2D eigenvalue weighted by Gasteiger charge is -2.09. The molecule has 0 aromatic heterocycles. The van der Waals surface area contributed by atoms with Gasteiger partial charge in [0.15, 0.2) is 0 Å². The Labute approximate surface area is 121 Å². The number of phenols is 1. The molecule has 0 aliphatic rings. The number of aromatic hydroxyl groups is 1. The zero-order chi connectivity index (χ0) is 13.1. The summed E-state index contributed by atoms with van der Waals surface area (Å²) in [7, 11) is 0. The summed E-state index contributed by atoms with van der Waals surface area (Å²) < 4.78 is 14.2. The first-order valence-electron chi connectivity index (χ1n) is 5.22. The van der Waals surface area contributed by atoms with E-state index in [4.69, 9.17) is 0 Å². The second-order valence-electron chi connectivity index (χ2n) is 3.76. The van der Waals surface area contributed by atoms with Crippen LogP contribution < -0.4 is 5.32 Å². The number of hydrogen-bond donors (Lipinski definition) is 2. The lowest BCUT2D eigenvalue weighted by atomic mass is 10.2. The van der Waals surface area contributed by atoms with Crippen molar-refractivity contribution in [3.8, 4) is 5.75 Å². The van der Waals surface area contributed by atoms with Crippen molar-refractivity contribution in [1.82, 2.24) is 0 Å². The van der Waals surface area contributed by atoms with Gasteiger partial charge in [-0.2, -0.15) is 0 Å². The van der Waals surface area contributed by atoms with Gasteiger partial charge in [0.2, 0.25) is 0 Å². The fourth-order valence-electron chi connectivity index (χ4n) is 1.49. The first kappa shape index (κ1) is 13.4. The van der Waals surface area contributed by atoms with Crippen LogP contribution in [0.5, 0.6) is 5.75 Å². The Bertz CT molecular complexity index is 575. The SMILES string of the molecule is Oc1ccc(CNc2ccc(F)cc2Br)cc1Br. The summed E-state index contributed by atoms with van der Waals surface area (Å²) in [5.74, 6) is -0.0680. The fraction of sp³-hybridized carbons (Fsp3) is 0.0769. The van der Waals surface area contributed by atoms with Gasteiger partial charge in [-0.25, -0.2) is 4.39 Å². The predicted molar refractivity (Wildman–Crippen MR) is 77.2 cm³/mol. The van der Waals surface area contributed by atoms with Crippen LogP contribution in [0.2, 0.25) is 0 Å². The fourth-order valence-corrected chi connectivity index (χ4v) is 2.41. The number of halogens is 3. The summed E-state index contributed by atoms with van der Waals surface area (Å²) in [6.07, 6.45) is 0. The van der Waals surface area contributed by atoms with Gasteiger partial charge >= 0.3 is 0 Å². The minimum Gasteiger partial charge on any atom is -0.507 e. The zero-order valence-electron chi connectivity index (χ0n) is 9.25. The molecule has 0 aliphatic heterocycles. The number of phenolic OH excluding ortho intramolecular Hbond substituents is 1. The summed E-state index contributed by atoms with van der Waals surface area (Å²) >= 11 is 6.55. The minimum atomic E-state index is -0.278. The largest absolute Gasteiger partial charge is 0.507 e. The summed E-state index contributed by atoms with van der Waals surface area (Å²) in [5, 5.41) is 12.6. The lowest BCUT2D eigenvalue weighted by molar-refractivity contribution is 0.471. The van der Waals surface area contributed by atoms with E-state index in [1.807, 2.05) is 12.1 Å². The highest BCUT2D eigenvalue weighted by Crippen LogP contribution is 2.26. The van der Waals surface area contributed by atoms with Crippen LogP contribution in [0.1, 0.15) is 5.56 Å². The summed E-state index contributed by atoms with van der Waals surface area (Å²) in [6, 6.07) is 9.77. The normalized spacial score (nSPS) is 10.4. The molecule has 0 spiro atoms. The van der Waals surface area contributed by atoms with E-state index in [0.29, 0.717) is 15.5 Å². The molecule has 2 aromatic carbocycles. The highest BCUT2D eigenvalue weighted by atomic mass is 79.9. The van der Waals surface area contributed by atoms with Gasteiger partial charge in [0, 0.05) is 16.7 Å². The maximum atomic E-state index is 12.9. The van der Waals surface area contributed by atoms with Crippen molar-refractivity contribution in [2.24, 2.45) is 0 Å². The Hall–Kier alpha value is -1.07. The van der Waals surface area contributed by atoms with Crippen molar-refractivity contribution in [3.05, 3.63) is 56.7 Å². The van der Waals surface area contributed by atoms with Gasteiger partial charge in [-0.05, 0) is 67.8 Å². The first-order chi connectivity index (χ1) is 8.56. The predicted octanol–water partition coefficient (Wildman–Crippen LogP) is 4.67. The molecule has 18 heavy (non-hydrogen) atoms. The van der Waals surface area contributed by atoms with Crippen molar-refractivity contribution in [1.29, 1.82) is 0 Å². The van der Waals surface area contributed by atoms with Crippen LogP contribution in [0.3, 0.4) is 0 Å². The van der Waals surface area contributed by atoms with Gasteiger partial charge in [-0.3, -0.25) is 0 Å². The quantitative estimate of drug-likeness (QED) is 0.818. The monoisotopic (exact) mass is 373 g/mol. The molecule has 0 fully saturated rings. The van der Waals surface area contributed by atoms with Crippen LogP contribution in [0.15, 0.2) is 45.3 Å². The van der Waals surface area contributed by atoms with E-state index in [2.05, 4.69) is 37.2 Å². The van der Waals surface area contributed by atoms with E-state index >= 15 is 0 Å². The standard InChI is InChI=1S/C13H10Br2FNO/c14-10-6-9(16)2-3-12(10)17-7-8-1-4-13(18)11(15)5-8/h1-6,17-18H,7H2. The molecule has 0 heterocycles. The molecule has 2 aromatic rings. The second-order valence-corrected chi connectivity index (χ2v) is 5.47. The molecule has 2 N–H and O–H groups in total. The molecular weight excluding hydrogens is 365 g/mol. The van der Waals surface area contributed by atoms with E-state index in [1.165, 1.54) is 12.1 Å². The Kier molecular flexibility index (Phi) is 4.24. The Balaban J connectivity index is 2.09. The molecule has 2 nitrogen and oxygen atoms in total. The van der Waals surface area contributed by atoms with Crippen LogP contribution in [-0.4, -0.2) is 5.11 Å². The average molecular weight is 375 g/mol. The molecule has 0 atom stereocenters. The van der Waals surface area contributed by atoms with Gasteiger partial charge in [-0.15, -0.1) is 0 Å². The molecule has 0 aliphatic carbocycles. The van der Waals surface area contributed by atoms with Crippen LogP contribution >= 0.6 is 31.9 Å². The molecule has 0 radical (unpaired) electrons. The molecule has 0 bridgehead atoms. The van der Waals surface area contributed by atoms with Crippen LogP contribution in [-0.2, 0) is 6.54 Å². The Morgan fingerprint density at radius 1 is 1.06 bits per heavy atom. The second kappa shape index (κ2) is 5.71. The highest BCUT2D eigenvalue weighted by Gasteiger charge is 2.03. The van der Waals surface area contributed by atoms with E-state index in [0.717, 1.165) is 11.3 Å². The van der Waals surface area contributed by atoms with Gasteiger partial charge in [0.05, 0.1) is 4.47 Å². The minimum absolute atomic E-state index is 0.210. The molecule has 0 saturated heterocycles. The van der Waals surface area contributed by atoms with Gasteiger partial charge in [0.25, 0.3) is 0 Å². The molecule has 0 saturated carbocycles. The molecule has 0 amide bonds. The van der Waals surface area contributed by atoms with Crippen LogP contribution in [0, 0.1) is 5.82 Å². The smallest absolute Gasteiger partial charge is 0.129 e. The van der Waals surface area contributed by atoms with Crippen LogP contribution in [0.25, 0.3) is 0 Å². The molecule has 2 rings (SSSR count). The van der Waals surface area contributed by atoms with Crippen molar-refractivity contribution in [3.63, 3.8) is 0 Å². The topological polar surface area (TPSA) is 32.3 Å². The Morgan fingerprint density at radius 3 is 2.50 bits per heavy atom. The number of rotatable bonds is 3. The van der Waals surface area contributed by atoms with Gasteiger partial charge in [-0.1, -0.05) is 6.07 Å². The molecule has 0 unspecified atom stereocenters. The molecular formula is C13H10Br2FNO. The van der Waals surface area contributed by atoms with Gasteiger partial charge in [0.1, 0.15) is 11.6 Å². The van der Waals surface area contributed by atoms with E-state index in [9.17, 15) is 9.50 Å². The molecule has 94 valence electrons.